The highest BCUT2D eigenvalue weighted by molar-refractivity contribution is 7.71. The molecule has 0 spiro atoms. The summed E-state index contributed by atoms with van der Waals surface area (Å²) in [6, 6.07) is 6.76. The van der Waals surface area contributed by atoms with Crippen molar-refractivity contribution in [3.8, 4) is 0 Å². The van der Waals surface area contributed by atoms with Crippen LogP contribution in [0.25, 0.3) is 0 Å². The summed E-state index contributed by atoms with van der Waals surface area (Å²) in [6.45, 7) is 4.32. The molecule has 0 amide bonds. The van der Waals surface area contributed by atoms with Crippen LogP contribution >= 0.6 is 12.2 Å². The number of hydrogen-bond donors (Lipinski definition) is 1. The predicted octanol–water partition coefficient (Wildman–Crippen LogP) is 4.09. The molecule has 1 fully saturated rings. The van der Waals surface area contributed by atoms with Crippen molar-refractivity contribution in [1.82, 2.24) is 10.2 Å². The highest BCUT2D eigenvalue weighted by atomic mass is 32.1. The number of hydrogen-bond acceptors (Lipinski definition) is 3. The molecule has 0 saturated heterocycles. The summed E-state index contributed by atoms with van der Waals surface area (Å²) >= 11 is 4.94. The predicted molar refractivity (Wildman–Crippen MR) is 76.8 cm³/mol. The second-order valence-corrected chi connectivity index (χ2v) is 5.87. The van der Waals surface area contributed by atoms with E-state index in [-0.39, 0.29) is 0 Å². The van der Waals surface area contributed by atoms with Crippen LogP contribution in [-0.4, -0.2) is 10.2 Å². The van der Waals surface area contributed by atoms with Gasteiger partial charge in [-0.15, -0.1) is 5.10 Å². The van der Waals surface area contributed by atoms with Gasteiger partial charge >= 0.3 is 0 Å². The number of aromatic amines is 1. The molecule has 1 N–H and O–H groups in total. The maximum absolute atomic E-state index is 5.42. The summed E-state index contributed by atoms with van der Waals surface area (Å²) in [7, 11) is 0. The smallest absolute Gasteiger partial charge is 0.284 e. The quantitative estimate of drug-likeness (QED) is 0.854. The van der Waals surface area contributed by atoms with Gasteiger partial charge in [-0.3, -0.25) is 0 Å². The van der Waals surface area contributed by atoms with E-state index in [4.69, 9.17) is 16.6 Å². The number of rotatable bonds is 4. The molecule has 0 aliphatic heterocycles. The van der Waals surface area contributed by atoms with Crippen molar-refractivity contribution >= 4 is 12.2 Å². The SMILES string of the molecule is Cc1ccc(C(Cc2n[nH]c(=S)o2)C2CC2)cc1C. The zero-order valence-electron chi connectivity index (χ0n) is 11.3. The van der Waals surface area contributed by atoms with Crippen LogP contribution < -0.4 is 0 Å². The first-order valence-electron chi connectivity index (χ1n) is 6.75. The Labute approximate surface area is 118 Å². The molecule has 1 aromatic carbocycles. The second kappa shape index (κ2) is 4.93. The van der Waals surface area contributed by atoms with Crippen LogP contribution in [0.1, 0.15) is 41.3 Å². The van der Waals surface area contributed by atoms with Gasteiger partial charge in [-0.05, 0) is 67.4 Å². The fraction of sp³-hybridized carbons (Fsp3) is 0.467. The summed E-state index contributed by atoms with van der Waals surface area (Å²) in [4.78, 5) is 0.365. The number of nitrogens with one attached hydrogen (secondary N) is 1. The maximum atomic E-state index is 5.42. The maximum Gasteiger partial charge on any atom is 0.284 e. The minimum Gasteiger partial charge on any atom is -0.414 e. The molecule has 1 aliphatic carbocycles. The van der Waals surface area contributed by atoms with Gasteiger partial charge in [-0.1, -0.05) is 18.2 Å². The van der Waals surface area contributed by atoms with Crippen molar-refractivity contribution in [3.05, 3.63) is 45.6 Å². The summed E-state index contributed by atoms with van der Waals surface area (Å²) in [5.41, 5.74) is 4.09. The Kier molecular flexibility index (Phi) is 3.27. The molecule has 3 rings (SSSR count). The zero-order chi connectivity index (χ0) is 13.4. The van der Waals surface area contributed by atoms with Gasteiger partial charge in [0.25, 0.3) is 4.84 Å². The lowest BCUT2D eigenvalue weighted by molar-refractivity contribution is 0.446. The Bertz CT molecular complexity index is 640. The Balaban J connectivity index is 1.88. The molecular formula is C15H18N2OS. The minimum atomic E-state index is 0.365. The molecule has 3 nitrogen and oxygen atoms in total. The van der Waals surface area contributed by atoms with Gasteiger partial charge in [0.05, 0.1) is 0 Å². The molecule has 1 aromatic heterocycles. The molecule has 2 aromatic rings. The van der Waals surface area contributed by atoms with Gasteiger partial charge in [-0.25, -0.2) is 5.10 Å². The first-order chi connectivity index (χ1) is 9.13. The zero-order valence-corrected chi connectivity index (χ0v) is 12.1. The standard InChI is InChI=1S/C15H18N2OS/c1-9-3-4-12(7-10(9)2)13(11-5-6-11)8-14-16-17-15(19)18-14/h3-4,7,11,13H,5-6,8H2,1-2H3,(H,17,19). The van der Waals surface area contributed by atoms with Gasteiger partial charge in [0.1, 0.15) is 0 Å². The number of nitrogens with zero attached hydrogens (tertiary/aromatic N) is 1. The van der Waals surface area contributed by atoms with E-state index in [9.17, 15) is 0 Å². The molecule has 0 radical (unpaired) electrons. The number of H-pyrrole nitrogens is 1. The summed E-state index contributed by atoms with van der Waals surface area (Å²) in [5, 5.41) is 6.84. The average Bonchev–Trinajstić information content (AvgIpc) is 3.14. The van der Waals surface area contributed by atoms with Crippen molar-refractivity contribution in [2.24, 2.45) is 5.92 Å². The molecule has 19 heavy (non-hydrogen) atoms. The van der Waals surface area contributed by atoms with Crippen molar-refractivity contribution < 1.29 is 4.42 Å². The molecule has 4 heteroatoms. The lowest BCUT2D eigenvalue weighted by Crippen LogP contribution is -2.06. The van der Waals surface area contributed by atoms with Crippen LogP contribution in [-0.2, 0) is 6.42 Å². The van der Waals surface area contributed by atoms with Gasteiger partial charge in [0, 0.05) is 6.42 Å². The van der Waals surface area contributed by atoms with E-state index in [2.05, 4.69) is 42.2 Å². The molecule has 0 bridgehead atoms. The third-order valence-electron chi connectivity index (χ3n) is 4.03. The molecule has 1 heterocycles. The largest absolute Gasteiger partial charge is 0.414 e. The fourth-order valence-electron chi connectivity index (χ4n) is 2.59. The van der Waals surface area contributed by atoms with Crippen LogP contribution in [0.2, 0.25) is 0 Å². The van der Waals surface area contributed by atoms with E-state index in [1.165, 1.54) is 29.5 Å². The van der Waals surface area contributed by atoms with Crippen molar-refractivity contribution in [1.29, 1.82) is 0 Å². The van der Waals surface area contributed by atoms with Crippen molar-refractivity contribution in [2.45, 2.75) is 39.0 Å². The van der Waals surface area contributed by atoms with E-state index in [0.29, 0.717) is 10.8 Å². The minimum absolute atomic E-state index is 0.365. The molecule has 1 atom stereocenters. The van der Waals surface area contributed by atoms with Gasteiger partial charge in [0.15, 0.2) is 0 Å². The lowest BCUT2D eigenvalue weighted by Gasteiger charge is -2.16. The number of aromatic nitrogens is 2. The van der Waals surface area contributed by atoms with Crippen LogP contribution in [0.3, 0.4) is 0 Å². The Morgan fingerprint density at radius 1 is 1.37 bits per heavy atom. The normalized spacial score (nSPS) is 16.5. The van der Waals surface area contributed by atoms with E-state index < -0.39 is 0 Å². The average molecular weight is 274 g/mol. The molecule has 100 valence electrons. The third-order valence-corrected chi connectivity index (χ3v) is 4.20. The summed E-state index contributed by atoms with van der Waals surface area (Å²) in [5.74, 6) is 1.99. The molecule has 1 unspecified atom stereocenters. The van der Waals surface area contributed by atoms with Crippen LogP contribution in [0, 0.1) is 24.6 Å². The number of aryl methyl sites for hydroxylation is 2. The monoisotopic (exact) mass is 274 g/mol. The summed E-state index contributed by atoms with van der Waals surface area (Å²) < 4.78 is 5.42. The van der Waals surface area contributed by atoms with E-state index in [1.54, 1.807) is 0 Å². The van der Waals surface area contributed by atoms with Crippen LogP contribution in [0.4, 0.5) is 0 Å². The van der Waals surface area contributed by atoms with E-state index in [0.717, 1.165) is 18.2 Å². The molecule has 1 saturated carbocycles. The van der Waals surface area contributed by atoms with Crippen molar-refractivity contribution in [2.75, 3.05) is 0 Å². The Morgan fingerprint density at radius 2 is 2.16 bits per heavy atom. The topological polar surface area (TPSA) is 41.8 Å². The Morgan fingerprint density at radius 3 is 2.74 bits per heavy atom. The second-order valence-electron chi connectivity index (χ2n) is 5.50. The van der Waals surface area contributed by atoms with Crippen LogP contribution in [0.15, 0.2) is 22.6 Å². The van der Waals surface area contributed by atoms with E-state index >= 15 is 0 Å². The van der Waals surface area contributed by atoms with E-state index in [1.807, 2.05) is 0 Å². The molecule has 1 aliphatic rings. The molecular weight excluding hydrogens is 256 g/mol. The third kappa shape index (κ3) is 2.78. The summed E-state index contributed by atoms with van der Waals surface area (Å²) in [6.07, 6.45) is 3.45. The number of benzene rings is 1. The van der Waals surface area contributed by atoms with Crippen LogP contribution in [0.5, 0.6) is 0 Å². The first kappa shape index (κ1) is 12.6. The fourth-order valence-corrected chi connectivity index (χ4v) is 2.73. The van der Waals surface area contributed by atoms with Gasteiger partial charge in [0.2, 0.25) is 5.89 Å². The van der Waals surface area contributed by atoms with Crippen molar-refractivity contribution in [3.63, 3.8) is 0 Å². The first-order valence-corrected chi connectivity index (χ1v) is 7.16. The highest BCUT2D eigenvalue weighted by Crippen LogP contribution is 2.44. The van der Waals surface area contributed by atoms with Gasteiger partial charge in [-0.2, -0.15) is 0 Å². The lowest BCUT2D eigenvalue weighted by atomic mass is 9.89. The van der Waals surface area contributed by atoms with Gasteiger partial charge < -0.3 is 4.42 Å². The Hall–Kier alpha value is -1.42. The highest BCUT2D eigenvalue weighted by Gasteiger charge is 2.33.